The van der Waals surface area contributed by atoms with Gasteiger partial charge in [-0.1, -0.05) is 44.5 Å². The minimum absolute atomic E-state index is 0. The topological polar surface area (TPSA) is 35.0 Å². The fraction of sp³-hybridized carbons (Fsp3) is 0.500. The molecule has 0 atom stereocenters. The molecule has 0 saturated carbocycles. The van der Waals surface area contributed by atoms with Gasteiger partial charge in [0.15, 0.2) is 0 Å². The van der Waals surface area contributed by atoms with E-state index < -0.39 is 0 Å². The zero-order valence-electron chi connectivity index (χ0n) is 8.84. The summed E-state index contributed by atoms with van der Waals surface area (Å²) in [6, 6.07) is 9.00. The van der Waals surface area contributed by atoms with Crippen LogP contribution < -0.4 is 6.15 Å². The van der Waals surface area contributed by atoms with E-state index >= 15 is 0 Å². The number of aryl methyl sites for hydroxylation is 2. The molecule has 74 valence electrons. The van der Waals surface area contributed by atoms with E-state index in [1.165, 1.54) is 30.4 Å². The van der Waals surface area contributed by atoms with Gasteiger partial charge in [0.2, 0.25) is 0 Å². The van der Waals surface area contributed by atoms with Gasteiger partial charge in [-0.25, -0.2) is 0 Å². The second-order valence-electron chi connectivity index (χ2n) is 3.27. The maximum Gasteiger partial charge on any atom is -0.0279 e. The molecule has 1 aromatic carbocycles. The van der Waals surface area contributed by atoms with Crippen LogP contribution in [0.1, 0.15) is 37.8 Å². The largest absolute Gasteiger partial charge is 0.344 e. The molecule has 0 unspecified atom stereocenters. The Morgan fingerprint density at radius 2 is 1.46 bits per heavy atom. The summed E-state index contributed by atoms with van der Waals surface area (Å²) in [5.41, 5.74) is 2.92. The summed E-state index contributed by atoms with van der Waals surface area (Å²) in [7, 11) is 0. The number of hydrogen-bond donors (Lipinski definition) is 1. The Morgan fingerprint density at radius 3 is 1.92 bits per heavy atom. The first-order chi connectivity index (χ1) is 5.86. The zero-order valence-corrected chi connectivity index (χ0v) is 8.84. The predicted molar refractivity (Wildman–Crippen MR) is 59.5 cm³/mol. The first-order valence-corrected chi connectivity index (χ1v) is 4.94. The molecular formula is C12H21N. The van der Waals surface area contributed by atoms with E-state index in [0.717, 1.165) is 6.42 Å². The zero-order chi connectivity index (χ0) is 8.81. The van der Waals surface area contributed by atoms with E-state index in [-0.39, 0.29) is 6.15 Å². The molecule has 0 radical (unpaired) electrons. The van der Waals surface area contributed by atoms with Crippen LogP contribution in [-0.4, -0.2) is 0 Å². The molecule has 1 rings (SSSR count). The van der Waals surface area contributed by atoms with Gasteiger partial charge in [0, 0.05) is 0 Å². The molecule has 0 aliphatic rings. The van der Waals surface area contributed by atoms with Gasteiger partial charge in [0.25, 0.3) is 0 Å². The minimum atomic E-state index is 0. The van der Waals surface area contributed by atoms with E-state index in [2.05, 4.69) is 38.1 Å². The van der Waals surface area contributed by atoms with Crippen molar-refractivity contribution in [3.05, 3.63) is 35.4 Å². The molecule has 0 aliphatic heterocycles. The minimum Gasteiger partial charge on any atom is -0.344 e. The lowest BCUT2D eigenvalue weighted by atomic mass is 10.1. The van der Waals surface area contributed by atoms with Crippen LogP contribution in [0, 0.1) is 0 Å². The maximum absolute atomic E-state index is 2.26. The third kappa shape index (κ3) is 4.09. The van der Waals surface area contributed by atoms with Gasteiger partial charge in [-0.3, -0.25) is 0 Å². The van der Waals surface area contributed by atoms with E-state index in [1.54, 1.807) is 0 Å². The highest BCUT2D eigenvalue weighted by atomic mass is 14.0. The second-order valence-corrected chi connectivity index (χ2v) is 3.27. The smallest absolute Gasteiger partial charge is 0.0279 e. The summed E-state index contributed by atoms with van der Waals surface area (Å²) in [6.07, 6.45) is 4.98. The highest BCUT2D eigenvalue weighted by Gasteiger charge is 1.92. The molecule has 13 heavy (non-hydrogen) atoms. The van der Waals surface area contributed by atoms with Crippen LogP contribution in [0.25, 0.3) is 0 Å². The van der Waals surface area contributed by atoms with Crippen LogP contribution in [-0.2, 0) is 12.8 Å². The maximum atomic E-state index is 2.26. The quantitative estimate of drug-likeness (QED) is 0.750. The van der Waals surface area contributed by atoms with Gasteiger partial charge >= 0.3 is 0 Å². The van der Waals surface area contributed by atoms with Crippen molar-refractivity contribution in [1.29, 1.82) is 0 Å². The molecular weight excluding hydrogens is 158 g/mol. The van der Waals surface area contributed by atoms with E-state index in [1.807, 2.05) is 0 Å². The summed E-state index contributed by atoms with van der Waals surface area (Å²) in [5, 5.41) is 0. The highest BCUT2D eigenvalue weighted by molar-refractivity contribution is 5.22. The number of hydrogen-bond acceptors (Lipinski definition) is 1. The summed E-state index contributed by atoms with van der Waals surface area (Å²) in [5.74, 6) is 0. The van der Waals surface area contributed by atoms with Crippen molar-refractivity contribution in [2.75, 3.05) is 0 Å². The van der Waals surface area contributed by atoms with Gasteiger partial charge < -0.3 is 6.15 Å². The normalized spacial score (nSPS) is 9.38. The average Bonchev–Trinajstić information content (AvgIpc) is 2.15. The van der Waals surface area contributed by atoms with E-state index in [0.29, 0.717) is 0 Å². The van der Waals surface area contributed by atoms with Gasteiger partial charge in [-0.15, -0.1) is 0 Å². The van der Waals surface area contributed by atoms with Crippen molar-refractivity contribution in [1.82, 2.24) is 6.15 Å². The van der Waals surface area contributed by atoms with Crippen molar-refractivity contribution in [2.24, 2.45) is 0 Å². The predicted octanol–water partition coefficient (Wildman–Crippen LogP) is 3.75. The number of unbranched alkanes of at least 4 members (excludes halogenated alkanes) is 1. The second kappa shape index (κ2) is 6.67. The van der Waals surface area contributed by atoms with Crippen LogP contribution >= 0.6 is 0 Å². The Labute approximate surface area is 81.8 Å². The van der Waals surface area contributed by atoms with Crippen LogP contribution in [0.4, 0.5) is 0 Å². The highest BCUT2D eigenvalue weighted by Crippen LogP contribution is 2.07. The van der Waals surface area contributed by atoms with Crippen molar-refractivity contribution in [2.45, 2.75) is 39.5 Å². The van der Waals surface area contributed by atoms with Crippen LogP contribution in [0.5, 0.6) is 0 Å². The first-order valence-electron chi connectivity index (χ1n) is 4.94. The summed E-state index contributed by atoms with van der Waals surface area (Å²) in [4.78, 5) is 0. The third-order valence-corrected chi connectivity index (χ3v) is 2.25. The van der Waals surface area contributed by atoms with Crippen LogP contribution in [0.2, 0.25) is 0 Å². The molecule has 0 fully saturated rings. The lowest BCUT2D eigenvalue weighted by Gasteiger charge is -2.00. The Bertz CT molecular complexity index is 213. The van der Waals surface area contributed by atoms with E-state index in [9.17, 15) is 0 Å². The monoisotopic (exact) mass is 179 g/mol. The van der Waals surface area contributed by atoms with E-state index in [4.69, 9.17) is 0 Å². The lowest BCUT2D eigenvalue weighted by Crippen LogP contribution is -1.85. The van der Waals surface area contributed by atoms with Crippen molar-refractivity contribution in [3.63, 3.8) is 0 Å². The fourth-order valence-corrected chi connectivity index (χ4v) is 1.32. The molecule has 0 amide bonds. The molecule has 0 aromatic heterocycles. The molecule has 0 saturated heterocycles. The molecule has 1 aromatic rings. The molecule has 3 N–H and O–H groups in total. The first kappa shape index (κ1) is 12.2. The summed E-state index contributed by atoms with van der Waals surface area (Å²) < 4.78 is 0. The fourth-order valence-electron chi connectivity index (χ4n) is 1.32. The van der Waals surface area contributed by atoms with Crippen LogP contribution in [0.3, 0.4) is 0 Å². The molecule has 1 nitrogen and oxygen atoms in total. The lowest BCUT2D eigenvalue weighted by molar-refractivity contribution is 0.794. The van der Waals surface area contributed by atoms with Gasteiger partial charge in [0.05, 0.1) is 0 Å². The van der Waals surface area contributed by atoms with Crippen LogP contribution in [0.15, 0.2) is 24.3 Å². The molecule has 0 spiro atoms. The van der Waals surface area contributed by atoms with Gasteiger partial charge in [-0.2, -0.15) is 0 Å². The Morgan fingerprint density at radius 1 is 0.923 bits per heavy atom. The summed E-state index contributed by atoms with van der Waals surface area (Å²) >= 11 is 0. The average molecular weight is 179 g/mol. The Kier molecular flexibility index (Phi) is 6.25. The van der Waals surface area contributed by atoms with Crippen molar-refractivity contribution >= 4 is 0 Å². The van der Waals surface area contributed by atoms with Crippen molar-refractivity contribution in [3.8, 4) is 0 Å². The molecule has 0 heterocycles. The number of rotatable bonds is 4. The van der Waals surface area contributed by atoms with Crippen molar-refractivity contribution < 1.29 is 0 Å². The molecule has 0 aliphatic carbocycles. The van der Waals surface area contributed by atoms with Gasteiger partial charge in [-0.05, 0) is 30.4 Å². The third-order valence-electron chi connectivity index (χ3n) is 2.25. The SMILES string of the molecule is CCCCc1ccc(CC)cc1.N. The summed E-state index contributed by atoms with van der Waals surface area (Å²) in [6.45, 7) is 4.43. The number of benzene rings is 1. The Hall–Kier alpha value is -0.820. The molecule has 1 heteroatoms. The van der Waals surface area contributed by atoms with Gasteiger partial charge in [0.1, 0.15) is 0 Å². The standard InChI is InChI=1S/C12H18.H3N/c1-3-5-6-12-9-7-11(4-2)8-10-12;/h7-10H,3-6H2,1-2H3;1H3. The molecule has 0 bridgehead atoms. The Balaban J connectivity index is 0.00000144.